The van der Waals surface area contributed by atoms with E-state index in [-0.39, 0.29) is 36.9 Å². The normalized spacial score (nSPS) is 19.3. The van der Waals surface area contributed by atoms with E-state index >= 15 is 0 Å². The molecule has 3 unspecified atom stereocenters. The molecular formula is C28H32N2O5. The van der Waals surface area contributed by atoms with E-state index in [9.17, 15) is 19.5 Å². The van der Waals surface area contributed by atoms with Crippen LogP contribution < -0.4 is 10.6 Å². The zero-order chi connectivity index (χ0) is 24.8. The Morgan fingerprint density at radius 3 is 2.34 bits per heavy atom. The summed E-state index contributed by atoms with van der Waals surface area (Å²) in [5.74, 6) is -1.47. The first-order valence-corrected chi connectivity index (χ1v) is 12.3. The number of rotatable bonds is 9. The summed E-state index contributed by atoms with van der Waals surface area (Å²) in [5, 5.41) is 15.0. The molecule has 0 fully saturated rings. The topological polar surface area (TPSA) is 105 Å². The highest BCUT2D eigenvalue weighted by Crippen LogP contribution is 2.44. The largest absolute Gasteiger partial charge is 0.481 e. The third-order valence-electron chi connectivity index (χ3n) is 6.90. The Bertz CT molecular complexity index is 1070. The van der Waals surface area contributed by atoms with Crippen LogP contribution in [0.4, 0.5) is 4.79 Å². The molecule has 2 aromatic carbocycles. The van der Waals surface area contributed by atoms with Crippen LogP contribution >= 0.6 is 0 Å². The van der Waals surface area contributed by atoms with Crippen molar-refractivity contribution in [2.24, 2.45) is 5.92 Å². The quantitative estimate of drug-likeness (QED) is 0.458. The summed E-state index contributed by atoms with van der Waals surface area (Å²) < 4.78 is 5.62. The zero-order valence-electron chi connectivity index (χ0n) is 19.9. The molecular weight excluding hydrogens is 444 g/mol. The van der Waals surface area contributed by atoms with Gasteiger partial charge in [-0.25, -0.2) is 4.79 Å². The van der Waals surface area contributed by atoms with Crippen LogP contribution in [0.25, 0.3) is 11.1 Å². The summed E-state index contributed by atoms with van der Waals surface area (Å²) in [7, 11) is 0. The molecule has 7 heteroatoms. The maximum absolute atomic E-state index is 12.6. The minimum absolute atomic E-state index is 0.00261. The summed E-state index contributed by atoms with van der Waals surface area (Å²) in [4.78, 5) is 36.1. The monoisotopic (exact) mass is 476 g/mol. The summed E-state index contributed by atoms with van der Waals surface area (Å²) in [5.41, 5.74) is 4.67. The Labute approximate surface area is 205 Å². The van der Waals surface area contributed by atoms with Crippen LogP contribution in [0.15, 0.2) is 60.7 Å². The Kier molecular flexibility index (Phi) is 7.85. The molecule has 3 N–H and O–H groups in total. The van der Waals surface area contributed by atoms with Gasteiger partial charge in [-0.05, 0) is 47.9 Å². The van der Waals surface area contributed by atoms with Gasteiger partial charge in [0, 0.05) is 24.4 Å². The van der Waals surface area contributed by atoms with Gasteiger partial charge in [-0.3, -0.25) is 9.59 Å². The van der Waals surface area contributed by atoms with E-state index in [1.54, 1.807) is 6.08 Å². The first-order valence-electron chi connectivity index (χ1n) is 12.3. The third-order valence-corrected chi connectivity index (χ3v) is 6.90. The highest BCUT2D eigenvalue weighted by molar-refractivity contribution is 5.79. The fourth-order valence-electron chi connectivity index (χ4n) is 4.97. The molecule has 2 amide bonds. The number of ether oxygens (including phenoxy) is 1. The van der Waals surface area contributed by atoms with Crippen LogP contribution in [0.1, 0.15) is 56.1 Å². The van der Waals surface area contributed by atoms with Crippen molar-refractivity contribution in [1.29, 1.82) is 0 Å². The van der Waals surface area contributed by atoms with Crippen LogP contribution in [0.5, 0.6) is 0 Å². The Morgan fingerprint density at radius 1 is 1.06 bits per heavy atom. The van der Waals surface area contributed by atoms with Crippen molar-refractivity contribution in [3.63, 3.8) is 0 Å². The second-order valence-corrected chi connectivity index (χ2v) is 9.22. The Balaban J connectivity index is 1.25. The lowest BCUT2D eigenvalue weighted by atomic mass is 9.91. The number of carbonyl (C=O) groups excluding carboxylic acids is 2. The van der Waals surface area contributed by atoms with Gasteiger partial charge in [-0.15, -0.1) is 0 Å². The average Bonchev–Trinajstić information content (AvgIpc) is 3.19. The average molecular weight is 477 g/mol. The van der Waals surface area contributed by atoms with Crippen LogP contribution in [-0.2, 0) is 14.3 Å². The van der Waals surface area contributed by atoms with Crippen molar-refractivity contribution < 1.29 is 24.2 Å². The number of benzene rings is 2. The maximum Gasteiger partial charge on any atom is 0.407 e. The molecule has 0 aromatic heterocycles. The molecule has 0 spiro atoms. The van der Waals surface area contributed by atoms with Crippen LogP contribution in [0.2, 0.25) is 0 Å². The smallest absolute Gasteiger partial charge is 0.407 e. The van der Waals surface area contributed by atoms with Crippen molar-refractivity contribution in [3.05, 3.63) is 71.8 Å². The second-order valence-electron chi connectivity index (χ2n) is 9.22. The van der Waals surface area contributed by atoms with Crippen molar-refractivity contribution in [2.75, 3.05) is 6.61 Å². The van der Waals surface area contributed by atoms with E-state index in [2.05, 4.69) is 34.9 Å². The van der Waals surface area contributed by atoms with Crippen molar-refractivity contribution in [1.82, 2.24) is 10.6 Å². The van der Waals surface area contributed by atoms with E-state index < -0.39 is 18.0 Å². The van der Waals surface area contributed by atoms with Crippen molar-refractivity contribution in [3.8, 4) is 11.1 Å². The third kappa shape index (κ3) is 5.91. The number of nitrogens with one attached hydrogen (secondary N) is 2. The molecule has 3 atom stereocenters. The number of carboxylic acid groups (broad SMARTS) is 1. The molecule has 0 bridgehead atoms. The lowest BCUT2D eigenvalue weighted by Crippen LogP contribution is -2.39. The standard InChI is InChI=1S/C28H32N2O5/c1-2-19(14-15-26(31)29-20-9-7-8-18(16-20)27(32)33)30-28(34)35-17-25-23-12-5-3-10-21(23)22-11-4-6-13-24(22)25/h3-7,9-13,18-20,25H,2,8,14-17H2,1H3,(H,29,31)(H,30,34)(H,32,33). The number of aliphatic carboxylic acids is 1. The molecule has 0 saturated heterocycles. The van der Waals surface area contributed by atoms with E-state index in [0.717, 1.165) is 11.1 Å². The minimum atomic E-state index is -0.841. The predicted molar refractivity (Wildman–Crippen MR) is 133 cm³/mol. The fourth-order valence-corrected chi connectivity index (χ4v) is 4.97. The summed E-state index contributed by atoms with van der Waals surface area (Å²) >= 11 is 0. The first kappa shape index (κ1) is 24.5. The number of carboxylic acids is 1. The first-order chi connectivity index (χ1) is 17.0. The Hall–Kier alpha value is -3.61. The molecule has 4 rings (SSSR count). The lowest BCUT2D eigenvalue weighted by Gasteiger charge is -2.23. The lowest BCUT2D eigenvalue weighted by molar-refractivity contribution is -0.142. The molecule has 184 valence electrons. The predicted octanol–water partition coefficient (Wildman–Crippen LogP) is 4.62. The van der Waals surface area contributed by atoms with Gasteiger partial charge in [0.2, 0.25) is 5.91 Å². The molecule has 0 radical (unpaired) electrons. The zero-order valence-corrected chi connectivity index (χ0v) is 19.9. The molecule has 0 heterocycles. The molecule has 35 heavy (non-hydrogen) atoms. The number of alkyl carbamates (subject to hydrolysis) is 1. The summed E-state index contributed by atoms with van der Waals surface area (Å²) in [6.45, 7) is 2.20. The Morgan fingerprint density at radius 2 is 1.71 bits per heavy atom. The van der Waals surface area contributed by atoms with Gasteiger partial charge in [0.05, 0.1) is 5.92 Å². The SMILES string of the molecule is CCC(CCC(=O)NC1C=CCC(C(=O)O)C1)NC(=O)OCC1c2ccccc2-c2ccccc21. The molecule has 7 nitrogen and oxygen atoms in total. The molecule has 0 saturated carbocycles. The molecule has 2 aliphatic rings. The van der Waals surface area contributed by atoms with Gasteiger partial charge in [0.15, 0.2) is 0 Å². The molecule has 2 aromatic rings. The fraction of sp³-hybridized carbons (Fsp3) is 0.393. The van der Waals surface area contributed by atoms with Gasteiger partial charge in [-0.2, -0.15) is 0 Å². The van der Waals surface area contributed by atoms with E-state index in [0.29, 0.717) is 25.7 Å². The van der Waals surface area contributed by atoms with E-state index in [1.165, 1.54) is 11.1 Å². The van der Waals surface area contributed by atoms with Crippen molar-refractivity contribution >= 4 is 18.0 Å². The molecule has 0 aliphatic heterocycles. The highest BCUT2D eigenvalue weighted by atomic mass is 16.5. The van der Waals surface area contributed by atoms with Gasteiger partial charge < -0.3 is 20.5 Å². The summed E-state index contributed by atoms with van der Waals surface area (Å²) in [6, 6.07) is 15.9. The number of fused-ring (bicyclic) bond motifs is 3. The second kappa shape index (κ2) is 11.2. The van der Waals surface area contributed by atoms with E-state index in [4.69, 9.17) is 4.74 Å². The number of hydrogen-bond acceptors (Lipinski definition) is 4. The highest BCUT2D eigenvalue weighted by Gasteiger charge is 2.29. The van der Waals surface area contributed by atoms with Gasteiger partial charge in [0.1, 0.15) is 6.61 Å². The number of carbonyl (C=O) groups is 3. The van der Waals surface area contributed by atoms with Gasteiger partial charge in [-0.1, -0.05) is 67.6 Å². The number of amides is 2. The van der Waals surface area contributed by atoms with Gasteiger partial charge in [0.25, 0.3) is 0 Å². The van der Waals surface area contributed by atoms with Crippen LogP contribution in [0, 0.1) is 5.92 Å². The van der Waals surface area contributed by atoms with Crippen LogP contribution in [0.3, 0.4) is 0 Å². The summed E-state index contributed by atoms with van der Waals surface area (Å²) in [6.07, 6.45) is 5.44. The number of hydrogen-bond donors (Lipinski definition) is 3. The maximum atomic E-state index is 12.6. The number of allylic oxidation sites excluding steroid dienone is 1. The van der Waals surface area contributed by atoms with Gasteiger partial charge >= 0.3 is 12.1 Å². The van der Waals surface area contributed by atoms with Crippen molar-refractivity contribution in [2.45, 2.75) is 57.0 Å². The molecule has 2 aliphatic carbocycles. The van der Waals surface area contributed by atoms with E-state index in [1.807, 2.05) is 37.3 Å². The minimum Gasteiger partial charge on any atom is -0.481 e. The van der Waals surface area contributed by atoms with Crippen LogP contribution in [-0.4, -0.2) is 41.8 Å².